The zero-order valence-electron chi connectivity index (χ0n) is 13.0. The van der Waals surface area contributed by atoms with E-state index in [-0.39, 0.29) is 22.6 Å². The predicted octanol–water partition coefficient (Wildman–Crippen LogP) is 2.74. The molecule has 2 N–H and O–H groups in total. The molecule has 1 aromatic carbocycles. The molecule has 0 atom stereocenters. The van der Waals surface area contributed by atoms with Gasteiger partial charge in [-0.1, -0.05) is 20.8 Å². The Morgan fingerprint density at radius 3 is 2.70 bits per heavy atom. The number of rotatable bonds is 3. The number of hydrogen-bond acceptors (Lipinski definition) is 5. The number of benzene rings is 1. The Labute approximate surface area is 139 Å². The molecule has 8 heteroatoms. The molecule has 1 amide bonds. The number of amides is 1. The SMILES string of the molecule is CC(C)(C)c1csc(NS(=O)(=O)c2ccc3c(c2)CC(=O)N3)n1. The Morgan fingerprint density at radius 2 is 2.04 bits per heavy atom. The molecular formula is C15H17N3O3S2. The average Bonchev–Trinajstić information content (AvgIpc) is 3.01. The second-order valence-electron chi connectivity index (χ2n) is 6.44. The highest BCUT2D eigenvalue weighted by atomic mass is 32.2. The van der Waals surface area contributed by atoms with E-state index in [1.54, 1.807) is 6.07 Å². The maximum atomic E-state index is 12.5. The molecule has 3 rings (SSSR count). The Kier molecular flexibility index (Phi) is 3.68. The topological polar surface area (TPSA) is 88.2 Å². The number of nitrogens with zero attached hydrogens (tertiary/aromatic N) is 1. The van der Waals surface area contributed by atoms with Gasteiger partial charge in [-0.25, -0.2) is 13.4 Å². The van der Waals surface area contributed by atoms with Gasteiger partial charge in [0.1, 0.15) is 0 Å². The molecule has 1 aromatic heterocycles. The summed E-state index contributed by atoms with van der Waals surface area (Å²) in [7, 11) is -3.73. The summed E-state index contributed by atoms with van der Waals surface area (Å²) in [5.41, 5.74) is 2.05. The van der Waals surface area contributed by atoms with Crippen LogP contribution in [0.25, 0.3) is 0 Å². The van der Waals surface area contributed by atoms with Crippen molar-refractivity contribution in [3.8, 4) is 0 Å². The second-order valence-corrected chi connectivity index (χ2v) is 8.98. The van der Waals surface area contributed by atoms with Crippen molar-refractivity contribution < 1.29 is 13.2 Å². The van der Waals surface area contributed by atoms with Crippen LogP contribution in [0, 0.1) is 0 Å². The van der Waals surface area contributed by atoms with Gasteiger partial charge in [-0.2, -0.15) is 0 Å². The van der Waals surface area contributed by atoms with Gasteiger partial charge in [-0.05, 0) is 23.8 Å². The van der Waals surface area contributed by atoms with Crippen LogP contribution in [0.5, 0.6) is 0 Å². The van der Waals surface area contributed by atoms with Crippen LogP contribution in [0.15, 0.2) is 28.5 Å². The van der Waals surface area contributed by atoms with E-state index in [9.17, 15) is 13.2 Å². The Hall–Kier alpha value is -1.93. The molecule has 0 saturated heterocycles. The first kappa shape index (κ1) is 15.9. The molecule has 0 bridgehead atoms. The third-order valence-electron chi connectivity index (χ3n) is 3.51. The largest absolute Gasteiger partial charge is 0.326 e. The van der Waals surface area contributed by atoms with Crippen LogP contribution in [0.2, 0.25) is 0 Å². The molecule has 2 aromatic rings. The Balaban J connectivity index is 1.87. The number of fused-ring (bicyclic) bond motifs is 1. The van der Waals surface area contributed by atoms with Gasteiger partial charge in [0.25, 0.3) is 10.0 Å². The lowest BCUT2D eigenvalue weighted by Gasteiger charge is -2.14. The fourth-order valence-electron chi connectivity index (χ4n) is 2.21. The van der Waals surface area contributed by atoms with Crippen molar-refractivity contribution in [1.82, 2.24) is 4.98 Å². The molecule has 0 unspecified atom stereocenters. The number of anilines is 2. The van der Waals surface area contributed by atoms with Gasteiger partial charge >= 0.3 is 0 Å². The normalized spacial score (nSPS) is 14.5. The molecule has 0 radical (unpaired) electrons. The average molecular weight is 351 g/mol. The van der Waals surface area contributed by atoms with Gasteiger partial charge in [0, 0.05) is 16.5 Å². The monoisotopic (exact) mass is 351 g/mol. The van der Waals surface area contributed by atoms with Crippen LogP contribution in [0.1, 0.15) is 32.0 Å². The van der Waals surface area contributed by atoms with Crippen LogP contribution in [-0.2, 0) is 26.7 Å². The first-order valence-electron chi connectivity index (χ1n) is 7.07. The van der Waals surface area contributed by atoms with Gasteiger partial charge in [0.2, 0.25) is 5.91 Å². The van der Waals surface area contributed by atoms with E-state index in [0.29, 0.717) is 16.4 Å². The van der Waals surface area contributed by atoms with Crippen LogP contribution in [0.3, 0.4) is 0 Å². The van der Waals surface area contributed by atoms with Crippen LogP contribution in [-0.4, -0.2) is 19.3 Å². The van der Waals surface area contributed by atoms with Crippen molar-refractivity contribution in [2.45, 2.75) is 37.5 Å². The minimum atomic E-state index is -3.73. The third kappa shape index (κ3) is 3.23. The van der Waals surface area contributed by atoms with Crippen molar-refractivity contribution in [1.29, 1.82) is 0 Å². The molecule has 23 heavy (non-hydrogen) atoms. The molecule has 0 fully saturated rings. The summed E-state index contributed by atoms with van der Waals surface area (Å²) in [4.78, 5) is 15.8. The minimum Gasteiger partial charge on any atom is -0.326 e. The smallest absolute Gasteiger partial charge is 0.263 e. The van der Waals surface area contributed by atoms with E-state index >= 15 is 0 Å². The summed E-state index contributed by atoms with van der Waals surface area (Å²) >= 11 is 1.26. The van der Waals surface area contributed by atoms with Crippen LogP contribution in [0.4, 0.5) is 10.8 Å². The summed E-state index contributed by atoms with van der Waals surface area (Å²) in [6.45, 7) is 6.06. The highest BCUT2D eigenvalue weighted by Crippen LogP contribution is 2.29. The summed E-state index contributed by atoms with van der Waals surface area (Å²) in [5.74, 6) is -0.128. The van der Waals surface area contributed by atoms with Crippen LogP contribution >= 0.6 is 11.3 Å². The molecule has 122 valence electrons. The van der Waals surface area contributed by atoms with Gasteiger partial charge in [0.05, 0.1) is 17.0 Å². The second kappa shape index (κ2) is 5.31. The zero-order chi connectivity index (χ0) is 16.8. The summed E-state index contributed by atoms with van der Waals surface area (Å²) in [6.07, 6.45) is 0.199. The first-order valence-corrected chi connectivity index (χ1v) is 9.43. The van der Waals surface area contributed by atoms with Crippen molar-refractivity contribution in [2.24, 2.45) is 0 Å². The number of carbonyl (C=O) groups is 1. The fraction of sp³-hybridized carbons (Fsp3) is 0.333. The van der Waals surface area contributed by atoms with Crippen molar-refractivity contribution in [3.05, 3.63) is 34.8 Å². The van der Waals surface area contributed by atoms with Crippen molar-refractivity contribution in [2.75, 3.05) is 10.0 Å². The third-order valence-corrected chi connectivity index (χ3v) is 5.73. The zero-order valence-corrected chi connectivity index (χ0v) is 14.6. The van der Waals surface area contributed by atoms with Gasteiger partial charge in [-0.3, -0.25) is 9.52 Å². The van der Waals surface area contributed by atoms with Gasteiger partial charge < -0.3 is 5.32 Å². The maximum absolute atomic E-state index is 12.5. The Bertz CT molecular complexity index is 880. The van der Waals surface area contributed by atoms with E-state index in [1.165, 1.54) is 23.5 Å². The predicted molar refractivity (Wildman–Crippen MR) is 90.4 cm³/mol. The lowest BCUT2D eigenvalue weighted by molar-refractivity contribution is -0.115. The van der Waals surface area contributed by atoms with Crippen molar-refractivity contribution >= 4 is 38.1 Å². The van der Waals surface area contributed by atoms with Gasteiger partial charge in [-0.15, -0.1) is 11.3 Å². The standard InChI is InChI=1S/C15H17N3O3S2/c1-15(2,3)12-8-22-14(17-12)18-23(20,21)10-4-5-11-9(6-10)7-13(19)16-11/h4-6,8H,7H2,1-3H3,(H,16,19)(H,17,18). The fourth-order valence-corrected chi connectivity index (χ4v) is 4.45. The summed E-state index contributed by atoms with van der Waals surface area (Å²) < 4.78 is 27.5. The summed E-state index contributed by atoms with van der Waals surface area (Å²) in [6, 6.07) is 4.61. The highest BCUT2D eigenvalue weighted by molar-refractivity contribution is 7.93. The number of thiazole rings is 1. The van der Waals surface area contributed by atoms with Crippen LogP contribution < -0.4 is 10.0 Å². The number of sulfonamides is 1. The molecule has 2 heterocycles. The van der Waals surface area contributed by atoms with E-state index in [0.717, 1.165) is 5.69 Å². The Morgan fingerprint density at radius 1 is 1.30 bits per heavy atom. The molecule has 0 saturated carbocycles. The lowest BCUT2D eigenvalue weighted by atomic mass is 9.93. The van der Waals surface area contributed by atoms with Gasteiger partial charge in [0.15, 0.2) is 5.13 Å². The number of carbonyl (C=O) groups excluding carboxylic acids is 1. The van der Waals surface area contributed by atoms with E-state index in [4.69, 9.17) is 0 Å². The molecule has 0 spiro atoms. The van der Waals surface area contributed by atoms with Crippen molar-refractivity contribution in [3.63, 3.8) is 0 Å². The van der Waals surface area contributed by atoms with E-state index in [1.807, 2.05) is 26.2 Å². The molecule has 1 aliphatic heterocycles. The molecule has 0 aliphatic carbocycles. The number of hydrogen-bond donors (Lipinski definition) is 2. The van der Waals surface area contributed by atoms with E-state index in [2.05, 4.69) is 15.0 Å². The summed E-state index contributed by atoms with van der Waals surface area (Å²) in [5, 5.41) is 4.87. The molecule has 1 aliphatic rings. The van der Waals surface area contributed by atoms with E-state index < -0.39 is 10.0 Å². The maximum Gasteiger partial charge on any atom is 0.263 e. The molecule has 6 nitrogen and oxygen atoms in total. The lowest BCUT2D eigenvalue weighted by Crippen LogP contribution is -2.15. The number of aromatic nitrogens is 1. The quantitative estimate of drug-likeness (QED) is 0.890. The minimum absolute atomic E-state index is 0.125. The molecular weight excluding hydrogens is 334 g/mol. The highest BCUT2D eigenvalue weighted by Gasteiger charge is 2.23. The number of nitrogens with one attached hydrogen (secondary N) is 2. The first-order chi connectivity index (χ1) is 10.6.